The fourth-order valence-corrected chi connectivity index (χ4v) is 3.84. The number of fused-ring (bicyclic) bond motifs is 2. The second kappa shape index (κ2) is 19.4. The van der Waals surface area contributed by atoms with Gasteiger partial charge in [0.15, 0.2) is 0 Å². The summed E-state index contributed by atoms with van der Waals surface area (Å²) in [6.45, 7) is 8.46. The standard InChI is InChI=1S/C17H28O2.C6H13NO2.C2H2/c1-3-5-6-7-8-9-10-12-15-14(11-4-2)16-13-17(15)19-18-16;1-2-3-6(9)7-4-5-8;1-2/h4,10,12,14-17H,2-3,5-9,11,13H2,1H3;8H,2-5H2,1H3,(H,7,9);1-2H/b12-10+;;/t14-,15?,16+,17-;;/m1../s1. The molecule has 5 heteroatoms. The van der Waals surface area contributed by atoms with E-state index < -0.39 is 0 Å². The maximum absolute atomic E-state index is 10.6. The number of unbranched alkanes of at least 4 members (excludes halogenated alkanes) is 5. The molecule has 1 saturated heterocycles. The SMILES string of the molecule is C#C.C=CC[C@@H]1C(/C=C/CCCCCCC)[C@H]2C[C@@H]1OO2.CCCC(=O)NCCO. The summed E-state index contributed by atoms with van der Waals surface area (Å²) >= 11 is 0. The van der Waals surface area contributed by atoms with Crippen LogP contribution in [0.5, 0.6) is 0 Å². The van der Waals surface area contributed by atoms with E-state index in [9.17, 15) is 4.79 Å². The molecule has 2 bridgehead atoms. The number of hydrogen-bond acceptors (Lipinski definition) is 4. The summed E-state index contributed by atoms with van der Waals surface area (Å²) < 4.78 is 0. The van der Waals surface area contributed by atoms with Crippen LogP contribution in [0.15, 0.2) is 24.8 Å². The molecule has 30 heavy (non-hydrogen) atoms. The van der Waals surface area contributed by atoms with Crippen LogP contribution in [0.2, 0.25) is 0 Å². The predicted octanol–water partition coefficient (Wildman–Crippen LogP) is 4.96. The zero-order valence-corrected chi connectivity index (χ0v) is 19.1. The first-order chi connectivity index (χ1) is 14.7. The summed E-state index contributed by atoms with van der Waals surface area (Å²) in [7, 11) is 0. The molecule has 0 aromatic heterocycles. The van der Waals surface area contributed by atoms with Gasteiger partial charge in [0.1, 0.15) is 6.10 Å². The molecule has 1 amide bonds. The highest BCUT2D eigenvalue weighted by molar-refractivity contribution is 5.75. The molecule has 2 aliphatic rings. The second-order valence-electron chi connectivity index (χ2n) is 7.73. The first-order valence-electron chi connectivity index (χ1n) is 11.5. The average molecular weight is 422 g/mol. The van der Waals surface area contributed by atoms with Crippen LogP contribution in [0.4, 0.5) is 0 Å². The summed E-state index contributed by atoms with van der Waals surface area (Å²) in [5.41, 5.74) is 0. The number of carbonyl (C=O) groups excluding carboxylic acids is 1. The van der Waals surface area contributed by atoms with Gasteiger partial charge in [-0.2, -0.15) is 0 Å². The molecule has 5 nitrogen and oxygen atoms in total. The third-order valence-corrected chi connectivity index (χ3v) is 5.35. The van der Waals surface area contributed by atoms with Gasteiger partial charge >= 0.3 is 0 Å². The van der Waals surface area contributed by atoms with Crippen LogP contribution < -0.4 is 5.32 Å². The van der Waals surface area contributed by atoms with Crippen LogP contribution >= 0.6 is 0 Å². The molecule has 172 valence electrons. The number of hydrogen-bond donors (Lipinski definition) is 2. The number of amides is 1. The van der Waals surface area contributed by atoms with Crippen LogP contribution in [0.1, 0.15) is 78.1 Å². The molecule has 1 saturated carbocycles. The van der Waals surface area contributed by atoms with E-state index >= 15 is 0 Å². The van der Waals surface area contributed by atoms with E-state index in [-0.39, 0.29) is 18.6 Å². The van der Waals surface area contributed by atoms with Crippen molar-refractivity contribution < 1.29 is 19.7 Å². The Morgan fingerprint density at radius 2 is 1.83 bits per heavy atom. The number of rotatable bonds is 13. The highest BCUT2D eigenvalue weighted by Gasteiger charge is 2.48. The Morgan fingerprint density at radius 1 is 1.13 bits per heavy atom. The summed E-state index contributed by atoms with van der Waals surface area (Å²) in [6.07, 6.45) is 26.8. The lowest BCUT2D eigenvalue weighted by Crippen LogP contribution is -2.28. The quantitative estimate of drug-likeness (QED) is 0.191. The first-order valence-corrected chi connectivity index (χ1v) is 11.5. The number of nitrogens with one attached hydrogen (secondary N) is 1. The predicted molar refractivity (Wildman–Crippen MR) is 124 cm³/mol. The zero-order valence-electron chi connectivity index (χ0n) is 19.1. The van der Waals surface area contributed by atoms with Crippen LogP contribution in [-0.2, 0) is 14.6 Å². The van der Waals surface area contributed by atoms with E-state index in [0.717, 1.165) is 19.3 Å². The van der Waals surface area contributed by atoms with Crippen molar-refractivity contribution in [3.05, 3.63) is 24.8 Å². The molecule has 0 aromatic rings. The van der Waals surface area contributed by atoms with Crippen molar-refractivity contribution in [2.24, 2.45) is 11.8 Å². The van der Waals surface area contributed by atoms with E-state index in [1.807, 2.05) is 13.0 Å². The third-order valence-electron chi connectivity index (χ3n) is 5.35. The van der Waals surface area contributed by atoms with E-state index in [1.54, 1.807) is 0 Å². The van der Waals surface area contributed by atoms with E-state index in [4.69, 9.17) is 14.9 Å². The molecule has 1 heterocycles. The fourth-order valence-electron chi connectivity index (χ4n) is 3.84. The number of carbonyl (C=O) groups is 1. The van der Waals surface area contributed by atoms with Crippen LogP contribution in [-0.4, -0.2) is 36.4 Å². The molecule has 1 aliphatic heterocycles. The largest absolute Gasteiger partial charge is 0.395 e. The maximum Gasteiger partial charge on any atom is 0.220 e. The molecule has 2 fully saturated rings. The van der Waals surface area contributed by atoms with Crippen molar-refractivity contribution >= 4 is 5.91 Å². The second-order valence-corrected chi connectivity index (χ2v) is 7.73. The van der Waals surface area contributed by atoms with Gasteiger partial charge in [-0.1, -0.05) is 57.8 Å². The average Bonchev–Trinajstić information content (AvgIpc) is 3.36. The molecule has 1 unspecified atom stereocenters. The smallest absolute Gasteiger partial charge is 0.220 e. The van der Waals surface area contributed by atoms with Crippen LogP contribution in [0.25, 0.3) is 0 Å². The molecule has 2 rings (SSSR count). The molecule has 1 aliphatic carbocycles. The molecule has 4 atom stereocenters. The Kier molecular flexibility index (Phi) is 18.3. The summed E-state index contributed by atoms with van der Waals surface area (Å²) in [4.78, 5) is 21.3. The van der Waals surface area contributed by atoms with Gasteiger partial charge in [-0.3, -0.25) is 4.79 Å². The van der Waals surface area contributed by atoms with Gasteiger partial charge in [0.05, 0.1) is 12.7 Å². The highest BCUT2D eigenvalue weighted by Crippen LogP contribution is 2.44. The monoisotopic (exact) mass is 421 g/mol. The lowest BCUT2D eigenvalue weighted by atomic mass is 9.89. The number of terminal acetylenes is 1. The van der Waals surface area contributed by atoms with Crippen LogP contribution in [0.3, 0.4) is 0 Å². The van der Waals surface area contributed by atoms with Crippen molar-refractivity contribution in [3.8, 4) is 12.8 Å². The van der Waals surface area contributed by atoms with Crippen molar-refractivity contribution in [1.82, 2.24) is 5.32 Å². The van der Waals surface area contributed by atoms with E-state index in [0.29, 0.717) is 30.9 Å². The summed E-state index contributed by atoms with van der Waals surface area (Å²) in [5, 5.41) is 10.8. The highest BCUT2D eigenvalue weighted by atomic mass is 17.2. The number of aliphatic hydroxyl groups is 1. The topological polar surface area (TPSA) is 67.8 Å². The molecular formula is C25H43NO4. The fraction of sp³-hybridized carbons (Fsp3) is 0.720. The Bertz CT molecular complexity index is 489. The molecule has 2 N–H and O–H groups in total. The van der Waals surface area contributed by atoms with E-state index in [2.05, 4.69) is 43.8 Å². The molecular weight excluding hydrogens is 378 g/mol. The van der Waals surface area contributed by atoms with Gasteiger partial charge in [-0.15, -0.1) is 19.4 Å². The van der Waals surface area contributed by atoms with Crippen molar-refractivity contribution in [2.45, 2.75) is 90.3 Å². The summed E-state index contributed by atoms with van der Waals surface area (Å²) in [6, 6.07) is 0. The minimum atomic E-state index is 0.0200. The van der Waals surface area contributed by atoms with Crippen LogP contribution in [0, 0.1) is 24.7 Å². The van der Waals surface area contributed by atoms with Gasteiger partial charge < -0.3 is 10.4 Å². The van der Waals surface area contributed by atoms with Crippen molar-refractivity contribution in [3.63, 3.8) is 0 Å². The van der Waals surface area contributed by atoms with Gasteiger partial charge in [0, 0.05) is 31.2 Å². The summed E-state index contributed by atoms with van der Waals surface area (Å²) in [5.74, 6) is 1.13. The first kappa shape index (κ1) is 28.4. The van der Waals surface area contributed by atoms with Gasteiger partial charge in [-0.05, 0) is 25.7 Å². The lowest BCUT2D eigenvalue weighted by molar-refractivity contribution is -0.336. The van der Waals surface area contributed by atoms with Crippen molar-refractivity contribution in [2.75, 3.05) is 13.2 Å². The Morgan fingerprint density at radius 3 is 2.47 bits per heavy atom. The zero-order chi connectivity index (χ0) is 22.6. The van der Waals surface area contributed by atoms with Gasteiger partial charge in [0.2, 0.25) is 5.91 Å². The molecule has 0 spiro atoms. The third kappa shape index (κ3) is 11.5. The van der Waals surface area contributed by atoms with E-state index in [1.165, 1.54) is 38.5 Å². The number of aliphatic hydroxyl groups excluding tert-OH is 1. The Labute approximate surface area is 184 Å². The molecule has 0 radical (unpaired) electrons. The minimum absolute atomic E-state index is 0.0200. The Balaban J connectivity index is 0.000000648. The minimum Gasteiger partial charge on any atom is -0.395 e. The normalized spacial score (nSPS) is 23.9. The Hall–Kier alpha value is -1.61. The lowest BCUT2D eigenvalue weighted by Gasteiger charge is -2.27. The maximum atomic E-state index is 10.6. The van der Waals surface area contributed by atoms with Gasteiger partial charge in [0.25, 0.3) is 0 Å². The van der Waals surface area contributed by atoms with Crippen molar-refractivity contribution in [1.29, 1.82) is 0 Å². The number of allylic oxidation sites excluding steroid dienone is 2. The van der Waals surface area contributed by atoms with Gasteiger partial charge in [-0.25, -0.2) is 9.78 Å². The molecule has 0 aromatic carbocycles.